The van der Waals surface area contributed by atoms with Crippen molar-refractivity contribution in [3.63, 3.8) is 0 Å². The molecule has 1 N–H and O–H groups in total. The van der Waals surface area contributed by atoms with E-state index in [4.69, 9.17) is 0 Å². The van der Waals surface area contributed by atoms with Gasteiger partial charge in [0.05, 0.1) is 17.3 Å². The zero-order chi connectivity index (χ0) is 12.0. The summed E-state index contributed by atoms with van der Waals surface area (Å²) < 4.78 is 0. The van der Waals surface area contributed by atoms with Gasteiger partial charge in [-0.15, -0.1) is 11.3 Å². The van der Waals surface area contributed by atoms with E-state index >= 15 is 0 Å². The molecule has 1 aromatic rings. The molecule has 3 unspecified atom stereocenters. The van der Waals surface area contributed by atoms with E-state index in [9.17, 15) is 9.90 Å². The quantitative estimate of drug-likeness (QED) is 0.819. The van der Waals surface area contributed by atoms with Crippen LogP contribution in [0.4, 0.5) is 0 Å². The average molecular weight is 252 g/mol. The molecule has 3 atom stereocenters. The standard InChI is InChI=1S/C12H16N2O2S/c1-7-11(17-6-13-7)12(16)14-4-8-2-3-10(15)9(8)5-14/h6,8-10,15H,2-5H2,1H3. The fourth-order valence-electron chi connectivity index (χ4n) is 3.05. The molecule has 4 nitrogen and oxygen atoms in total. The number of thiazole rings is 1. The molecule has 0 radical (unpaired) electrons. The van der Waals surface area contributed by atoms with Crippen LogP contribution in [0.15, 0.2) is 5.51 Å². The van der Waals surface area contributed by atoms with Crippen molar-refractivity contribution in [3.05, 3.63) is 16.1 Å². The van der Waals surface area contributed by atoms with Gasteiger partial charge in [-0.1, -0.05) is 0 Å². The van der Waals surface area contributed by atoms with E-state index in [0.29, 0.717) is 18.4 Å². The summed E-state index contributed by atoms with van der Waals surface area (Å²) in [6, 6.07) is 0. The number of hydrogen-bond donors (Lipinski definition) is 1. The summed E-state index contributed by atoms with van der Waals surface area (Å²) in [5.74, 6) is 0.890. The van der Waals surface area contributed by atoms with E-state index in [0.717, 1.165) is 30.0 Å². The van der Waals surface area contributed by atoms with Crippen molar-refractivity contribution in [3.8, 4) is 0 Å². The Morgan fingerprint density at radius 1 is 1.53 bits per heavy atom. The van der Waals surface area contributed by atoms with Crippen LogP contribution in [-0.2, 0) is 0 Å². The summed E-state index contributed by atoms with van der Waals surface area (Å²) in [6.07, 6.45) is 1.74. The Bertz CT molecular complexity index is 445. The minimum Gasteiger partial charge on any atom is -0.393 e. The molecular weight excluding hydrogens is 236 g/mol. The maximum absolute atomic E-state index is 12.3. The van der Waals surface area contributed by atoms with E-state index in [2.05, 4.69) is 4.98 Å². The fraction of sp³-hybridized carbons (Fsp3) is 0.667. The number of aromatic nitrogens is 1. The number of amides is 1. The monoisotopic (exact) mass is 252 g/mol. The van der Waals surface area contributed by atoms with Crippen LogP contribution < -0.4 is 0 Å². The van der Waals surface area contributed by atoms with Gasteiger partial charge in [0.1, 0.15) is 4.88 Å². The summed E-state index contributed by atoms with van der Waals surface area (Å²) >= 11 is 1.41. The molecule has 1 saturated carbocycles. The first kappa shape index (κ1) is 11.2. The van der Waals surface area contributed by atoms with E-state index in [1.165, 1.54) is 11.3 Å². The Kier molecular flexibility index (Phi) is 2.67. The van der Waals surface area contributed by atoms with Gasteiger partial charge in [-0.25, -0.2) is 4.98 Å². The lowest BCUT2D eigenvalue weighted by Gasteiger charge is -2.17. The van der Waals surface area contributed by atoms with Crippen molar-refractivity contribution in [1.29, 1.82) is 0 Å². The van der Waals surface area contributed by atoms with E-state index in [1.54, 1.807) is 5.51 Å². The number of aryl methyl sites for hydroxylation is 1. The lowest BCUT2D eigenvalue weighted by Crippen LogP contribution is -2.30. The highest BCUT2D eigenvalue weighted by Gasteiger charge is 2.43. The molecule has 2 fully saturated rings. The topological polar surface area (TPSA) is 53.4 Å². The van der Waals surface area contributed by atoms with Gasteiger partial charge in [0.15, 0.2) is 0 Å². The van der Waals surface area contributed by atoms with Crippen molar-refractivity contribution in [1.82, 2.24) is 9.88 Å². The van der Waals surface area contributed by atoms with Gasteiger partial charge >= 0.3 is 0 Å². The van der Waals surface area contributed by atoms with Crippen LogP contribution in [0.5, 0.6) is 0 Å². The third-order valence-corrected chi connectivity index (χ3v) is 4.96. The number of fused-ring (bicyclic) bond motifs is 1. The van der Waals surface area contributed by atoms with Gasteiger partial charge in [-0.05, 0) is 25.7 Å². The normalized spacial score (nSPS) is 31.9. The summed E-state index contributed by atoms with van der Waals surface area (Å²) in [5, 5.41) is 9.84. The Balaban J connectivity index is 1.75. The second-order valence-corrected chi connectivity index (χ2v) is 5.90. The zero-order valence-corrected chi connectivity index (χ0v) is 10.6. The molecule has 1 saturated heterocycles. The average Bonchev–Trinajstić information content (AvgIpc) is 2.96. The molecule has 17 heavy (non-hydrogen) atoms. The second kappa shape index (κ2) is 4.07. The van der Waals surface area contributed by atoms with Crippen molar-refractivity contribution < 1.29 is 9.90 Å². The predicted octanol–water partition coefficient (Wildman–Crippen LogP) is 1.29. The molecule has 1 amide bonds. The lowest BCUT2D eigenvalue weighted by atomic mass is 10.00. The molecule has 1 aliphatic carbocycles. The minimum absolute atomic E-state index is 0.0894. The molecule has 3 rings (SSSR count). The van der Waals surface area contributed by atoms with Crippen molar-refractivity contribution in [2.75, 3.05) is 13.1 Å². The van der Waals surface area contributed by atoms with E-state index in [1.807, 2.05) is 11.8 Å². The maximum atomic E-state index is 12.3. The highest BCUT2D eigenvalue weighted by atomic mass is 32.1. The molecular formula is C12H16N2O2S. The number of aliphatic hydroxyl groups excluding tert-OH is 1. The minimum atomic E-state index is -0.208. The fourth-order valence-corrected chi connectivity index (χ4v) is 3.82. The molecule has 1 aromatic heterocycles. The van der Waals surface area contributed by atoms with Crippen molar-refractivity contribution in [2.24, 2.45) is 11.8 Å². The van der Waals surface area contributed by atoms with Gasteiger partial charge in [0, 0.05) is 19.0 Å². The predicted molar refractivity (Wildman–Crippen MR) is 65.0 cm³/mol. The summed E-state index contributed by atoms with van der Waals surface area (Å²) in [4.78, 5) is 19.0. The van der Waals surface area contributed by atoms with Crippen molar-refractivity contribution in [2.45, 2.75) is 25.9 Å². The maximum Gasteiger partial charge on any atom is 0.265 e. The van der Waals surface area contributed by atoms with Crippen LogP contribution >= 0.6 is 11.3 Å². The first-order chi connectivity index (χ1) is 8.16. The Morgan fingerprint density at radius 3 is 3.00 bits per heavy atom. The highest BCUT2D eigenvalue weighted by molar-refractivity contribution is 7.11. The number of rotatable bonds is 1. The molecule has 92 valence electrons. The van der Waals surface area contributed by atoms with Crippen LogP contribution in [0.1, 0.15) is 28.2 Å². The van der Waals surface area contributed by atoms with Gasteiger partial charge in [0.2, 0.25) is 0 Å². The number of aliphatic hydroxyl groups is 1. The third-order valence-electron chi connectivity index (χ3n) is 4.05. The molecule has 0 bridgehead atoms. The molecule has 2 heterocycles. The van der Waals surface area contributed by atoms with Crippen LogP contribution in [0.2, 0.25) is 0 Å². The first-order valence-corrected chi connectivity index (χ1v) is 6.92. The third kappa shape index (κ3) is 1.77. The van der Waals surface area contributed by atoms with Crippen molar-refractivity contribution >= 4 is 17.2 Å². The molecule has 2 aliphatic rings. The molecule has 0 spiro atoms. The van der Waals surface area contributed by atoms with Crippen LogP contribution in [-0.4, -0.2) is 40.1 Å². The number of likely N-dealkylation sites (tertiary alicyclic amines) is 1. The SMILES string of the molecule is Cc1ncsc1C(=O)N1CC2CCC(O)C2C1. The summed E-state index contributed by atoms with van der Waals surface area (Å²) in [5.41, 5.74) is 2.53. The van der Waals surface area contributed by atoms with Crippen LogP contribution in [0, 0.1) is 18.8 Å². The molecule has 5 heteroatoms. The number of carbonyl (C=O) groups is 1. The van der Waals surface area contributed by atoms with Crippen LogP contribution in [0.25, 0.3) is 0 Å². The van der Waals surface area contributed by atoms with E-state index < -0.39 is 0 Å². The summed E-state index contributed by atoms with van der Waals surface area (Å²) in [6.45, 7) is 3.38. The Labute approximate surface area is 104 Å². The smallest absolute Gasteiger partial charge is 0.265 e. The van der Waals surface area contributed by atoms with Gasteiger partial charge < -0.3 is 10.0 Å². The Hall–Kier alpha value is -0.940. The number of hydrogen-bond acceptors (Lipinski definition) is 4. The lowest BCUT2D eigenvalue weighted by molar-refractivity contribution is 0.0756. The zero-order valence-electron chi connectivity index (χ0n) is 9.80. The second-order valence-electron chi connectivity index (χ2n) is 5.05. The Morgan fingerprint density at radius 2 is 2.35 bits per heavy atom. The van der Waals surface area contributed by atoms with E-state index in [-0.39, 0.29) is 12.0 Å². The number of carbonyl (C=O) groups excluding carboxylic acids is 1. The largest absolute Gasteiger partial charge is 0.393 e. The van der Waals surface area contributed by atoms with Gasteiger partial charge in [-0.2, -0.15) is 0 Å². The molecule has 1 aliphatic heterocycles. The van der Waals surface area contributed by atoms with Gasteiger partial charge in [0.25, 0.3) is 5.91 Å². The van der Waals surface area contributed by atoms with Gasteiger partial charge in [-0.3, -0.25) is 4.79 Å². The first-order valence-electron chi connectivity index (χ1n) is 6.04. The van der Waals surface area contributed by atoms with Crippen LogP contribution in [0.3, 0.4) is 0 Å². The highest BCUT2D eigenvalue weighted by Crippen LogP contribution is 2.38. The summed E-state index contributed by atoms with van der Waals surface area (Å²) in [7, 11) is 0. The molecule has 0 aromatic carbocycles. The number of nitrogens with zero attached hydrogens (tertiary/aromatic N) is 2.